The molecule has 39 heavy (non-hydrogen) atoms. The number of thiophene rings is 1. The van der Waals surface area contributed by atoms with Crippen LogP contribution in [0.3, 0.4) is 0 Å². The molecule has 194 valence electrons. The van der Waals surface area contributed by atoms with E-state index >= 15 is 0 Å². The normalized spacial score (nSPS) is 14.3. The van der Waals surface area contributed by atoms with E-state index in [4.69, 9.17) is 4.74 Å². The van der Waals surface area contributed by atoms with Gasteiger partial charge in [-0.3, -0.25) is 24.8 Å². The van der Waals surface area contributed by atoms with Gasteiger partial charge in [0.25, 0.3) is 0 Å². The first kappa shape index (κ1) is 23.7. The Kier molecular flexibility index (Phi) is 5.90. The van der Waals surface area contributed by atoms with Gasteiger partial charge in [0.15, 0.2) is 5.78 Å². The number of rotatable bonds is 6. The molecular formula is C29H25N7O2S. The number of hydrogen-bond acceptors (Lipinski definition) is 8. The SMILES string of the molecule is CC(=O)c1ccc(-c2nccc3[nH]c(-c4n[nH]c5cnc(-c6cncc(OC7CCNCC7)c6)cc45)cc23)s1. The van der Waals surface area contributed by atoms with E-state index in [1.807, 2.05) is 30.3 Å². The molecule has 10 heteroatoms. The molecule has 0 atom stereocenters. The minimum absolute atomic E-state index is 0.0548. The Morgan fingerprint density at radius 3 is 2.69 bits per heavy atom. The Hall–Kier alpha value is -4.41. The lowest BCUT2D eigenvalue weighted by atomic mass is 10.1. The third-order valence-electron chi connectivity index (χ3n) is 7.03. The number of pyridine rings is 3. The van der Waals surface area contributed by atoms with Crippen molar-refractivity contribution < 1.29 is 9.53 Å². The highest BCUT2D eigenvalue weighted by Crippen LogP contribution is 2.36. The van der Waals surface area contributed by atoms with E-state index in [1.165, 1.54) is 11.3 Å². The summed E-state index contributed by atoms with van der Waals surface area (Å²) < 4.78 is 6.20. The first-order valence-corrected chi connectivity index (χ1v) is 13.7. The molecule has 1 fully saturated rings. The van der Waals surface area contributed by atoms with Crippen LogP contribution in [-0.2, 0) is 0 Å². The highest BCUT2D eigenvalue weighted by Gasteiger charge is 2.18. The van der Waals surface area contributed by atoms with Crippen molar-refractivity contribution in [3.05, 3.63) is 66.1 Å². The fourth-order valence-corrected chi connectivity index (χ4v) is 5.95. The predicted molar refractivity (Wildman–Crippen MR) is 152 cm³/mol. The monoisotopic (exact) mass is 535 g/mol. The lowest BCUT2D eigenvalue weighted by Gasteiger charge is -2.23. The van der Waals surface area contributed by atoms with Crippen LogP contribution in [-0.4, -0.2) is 55.1 Å². The van der Waals surface area contributed by atoms with E-state index < -0.39 is 0 Å². The van der Waals surface area contributed by atoms with Gasteiger partial charge in [0.2, 0.25) is 0 Å². The molecule has 6 aromatic rings. The Labute approximate surface area is 227 Å². The number of carbonyl (C=O) groups excluding carboxylic acids is 1. The number of ketones is 1. The van der Waals surface area contributed by atoms with Crippen molar-refractivity contribution in [2.75, 3.05) is 13.1 Å². The summed E-state index contributed by atoms with van der Waals surface area (Å²) in [6.07, 6.45) is 9.31. The van der Waals surface area contributed by atoms with Crippen molar-refractivity contribution >= 4 is 38.9 Å². The summed E-state index contributed by atoms with van der Waals surface area (Å²) in [6.45, 7) is 3.52. The molecule has 1 aliphatic rings. The number of ether oxygens (including phenoxy) is 1. The van der Waals surface area contributed by atoms with Crippen molar-refractivity contribution in [1.82, 2.24) is 35.5 Å². The maximum absolute atomic E-state index is 11.8. The number of carbonyl (C=O) groups is 1. The van der Waals surface area contributed by atoms with Gasteiger partial charge >= 0.3 is 0 Å². The van der Waals surface area contributed by atoms with Crippen LogP contribution in [0, 0.1) is 0 Å². The summed E-state index contributed by atoms with van der Waals surface area (Å²) in [5, 5.41) is 13.0. The van der Waals surface area contributed by atoms with Gasteiger partial charge in [0.1, 0.15) is 17.5 Å². The van der Waals surface area contributed by atoms with E-state index in [1.54, 1.807) is 31.7 Å². The van der Waals surface area contributed by atoms with Gasteiger partial charge in [-0.15, -0.1) is 11.3 Å². The van der Waals surface area contributed by atoms with Crippen LogP contribution in [0.2, 0.25) is 0 Å². The van der Waals surface area contributed by atoms with Crippen LogP contribution in [0.1, 0.15) is 29.4 Å². The molecule has 9 nitrogen and oxygen atoms in total. The maximum atomic E-state index is 11.8. The second kappa shape index (κ2) is 9.72. The minimum atomic E-state index is 0.0548. The molecule has 1 aliphatic heterocycles. The summed E-state index contributed by atoms with van der Waals surface area (Å²) in [5.41, 5.74) is 5.97. The molecule has 1 saturated heterocycles. The molecule has 7 rings (SSSR count). The quantitative estimate of drug-likeness (QED) is 0.237. The molecule has 3 N–H and O–H groups in total. The Morgan fingerprint density at radius 1 is 0.974 bits per heavy atom. The van der Waals surface area contributed by atoms with Crippen LogP contribution in [0.5, 0.6) is 5.75 Å². The summed E-state index contributed by atoms with van der Waals surface area (Å²) in [4.78, 5) is 30.7. The zero-order chi connectivity index (χ0) is 26.3. The van der Waals surface area contributed by atoms with E-state index in [0.717, 1.165) is 91.6 Å². The maximum Gasteiger partial charge on any atom is 0.169 e. The number of piperidine rings is 1. The third-order valence-corrected chi connectivity index (χ3v) is 8.23. The Morgan fingerprint density at radius 2 is 1.85 bits per heavy atom. The summed E-state index contributed by atoms with van der Waals surface area (Å²) in [7, 11) is 0. The van der Waals surface area contributed by atoms with Crippen LogP contribution in [0.15, 0.2) is 61.2 Å². The summed E-state index contributed by atoms with van der Waals surface area (Å²) in [6, 6.07) is 11.9. The molecule has 0 aromatic carbocycles. The second-order valence-corrected chi connectivity index (χ2v) is 10.8. The van der Waals surface area contributed by atoms with Crippen LogP contribution < -0.4 is 10.1 Å². The van der Waals surface area contributed by atoms with E-state index in [0.29, 0.717) is 0 Å². The number of nitrogens with one attached hydrogen (secondary N) is 3. The van der Waals surface area contributed by atoms with E-state index in [-0.39, 0.29) is 11.9 Å². The molecule has 6 aromatic heterocycles. The van der Waals surface area contributed by atoms with Gasteiger partial charge in [-0.1, -0.05) is 0 Å². The van der Waals surface area contributed by atoms with E-state index in [2.05, 4.69) is 41.5 Å². The minimum Gasteiger partial charge on any atom is -0.489 e. The lowest BCUT2D eigenvalue weighted by Crippen LogP contribution is -2.34. The average Bonchev–Trinajstić information content (AvgIpc) is 3.71. The van der Waals surface area contributed by atoms with Gasteiger partial charge in [0.05, 0.1) is 44.7 Å². The number of aromatic nitrogens is 6. The van der Waals surface area contributed by atoms with Gasteiger partial charge < -0.3 is 15.0 Å². The molecule has 0 bridgehead atoms. The van der Waals surface area contributed by atoms with Crippen LogP contribution in [0.25, 0.3) is 55.0 Å². The van der Waals surface area contributed by atoms with Gasteiger partial charge in [-0.25, -0.2) is 0 Å². The Balaban J connectivity index is 1.25. The van der Waals surface area contributed by atoms with Crippen LogP contribution in [0.4, 0.5) is 0 Å². The number of Topliss-reactive ketones (excluding diaryl/α,β-unsaturated/α-hetero) is 1. The predicted octanol–water partition coefficient (Wildman–Crippen LogP) is 5.63. The zero-order valence-corrected chi connectivity index (χ0v) is 22.0. The number of fused-ring (bicyclic) bond motifs is 2. The first-order chi connectivity index (χ1) is 19.1. The van der Waals surface area contributed by atoms with Gasteiger partial charge in [-0.05, 0) is 69.3 Å². The molecular weight excluding hydrogens is 510 g/mol. The first-order valence-electron chi connectivity index (χ1n) is 12.9. The number of aromatic amines is 2. The molecule has 0 spiro atoms. The van der Waals surface area contributed by atoms with Crippen molar-refractivity contribution in [3.63, 3.8) is 0 Å². The fraction of sp³-hybridized carbons (Fsp3) is 0.207. The number of hydrogen-bond donors (Lipinski definition) is 3. The third kappa shape index (κ3) is 4.47. The second-order valence-electron chi connectivity index (χ2n) is 9.69. The van der Waals surface area contributed by atoms with Crippen molar-refractivity contribution in [1.29, 1.82) is 0 Å². The zero-order valence-electron chi connectivity index (χ0n) is 21.2. The smallest absolute Gasteiger partial charge is 0.169 e. The topological polar surface area (TPSA) is 121 Å². The standard InChI is InChI=1S/C29H25N7O2S/c1-16(37)26-2-3-27(39-26)29-20-12-24(34-22(20)6-9-32-29)28-21-11-23(33-15-25(21)35-36-28)17-10-19(14-31-13-17)38-18-4-7-30-8-5-18/h2-3,6,9-15,18,30,34H,4-5,7-8H2,1H3,(H,35,36). The molecule has 0 radical (unpaired) electrons. The van der Waals surface area contributed by atoms with Gasteiger partial charge in [0, 0.05) is 34.2 Å². The van der Waals surface area contributed by atoms with E-state index in [9.17, 15) is 4.79 Å². The highest BCUT2D eigenvalue weighted by atomic mass is 32.1. The van der Waals surface area contributed by atoms with Crippen molar-refractivity contribution in [3.8, 4) is 39.0 Å². The number of H-pyrrole nitrogens is 2. The lowest BCUT2D eigenvalue weighted by molar-refractivity contribution is 0.102. The molecule has 0 amide bonds. The van der Waals surface area contributed by atoms with Crippen LogP contribution >= 0.6 is 11.3 Å². The molecule has 0 saturated carbocycles. The molecule has 0 unspecified atom stereocenters. The summed E-state index contributed by atoms with van der Waals surface area (Å²) >= 11 is 1.45. The molecule has 0 aliphatic carbocycles. The largest absolute Gasteiger partial charge is 0.489 e. The van der Waals surface area contributed by atoms with Crippen molar-refractivity contribution in [2.24, 2.45) is 0 Å². The average molecular weight is 536 g/mol. The fourth-order valence-electron chi connectivity index (χ4n) is 5.04. The van der Waals surface area contributed by atoms with Crippen molar-refractivity contribution in [2.45, 2.75) is 25.9 Å². The number of nitrogens with zero attached hydrogens (tertiary/aromatic N) is 4. The Bertz CT molecular complexity index is 1830. The molecule has 7 heterocycles. The highest BCUT2D eigenvalue weighted by molar-refractivity contribution is 7.17. The summed E-state index contributed by atoms with van der Waals surface area (Å²) in [5.74, 6) is 0.810. The van der Waals surface area contributed by atoms with Gasteiger partial charge in [-0.2, -0.15) is 5.10 Å².